The van der Waals surface area contributed by atoms with E-state index in [1.807, 2.05) is 3.33 Å². The molecule has 1 aliphatic carbocycles. The fourth-order valence-electron chi connectivity index (χ4n) is 3.01. The Hall–Kier alpha value is 1.11. The summed E-state index contributed by atoms with van der Waals surface area (Å²) < 4.78 is 6.00. The molecule has 5 heteroatoms. The first-order valence-electron chi connectivity index (χ1n) is 7.91. The minimum absolute atomic E-state index is 0. The van der Waals surface area contributed by atoms with Gasteiger partial charge in [0.2, 0.25) is 0 Å². The first-order chi connectivity index (χ1) is 8.91. The Bertz CT molecular complexity index is 380. The molecule has 21 heavy (non-hydrogen) atoms. The Labute approximate surface area is 153 Å². The average molecular weight is 518 g/mol. The molecule has 1 nitrogen and oxygen atoms in total. The molecule has 1 unspecified atom stereocenters. The van der Waals surface area contributed by atoms with Crippen molar-refractivity contribution in [3.8, 4) is 0 Å². The molecular weight excluding hydrogens is 484 g/mol. The van der Waals surface area contributed by atoms with Gasteiger partial charge in [0.1, 0.15) is 0 Å². The molecule has 0 radical (unpaired) electrons. The summed E-state index contributed by atoms with van der Waals surface area (Å²) in [6.07, 6.45) is 4.09. The molecule has 1 atom stereocenters. The Morgan fingerprint density at radius 3 is 2.00 bits per heavy atom. The van der Waals surface area contributed by atoms with Crippen LogP contribution in [0.15, 0.2) is 20.0 Å². The van der Waals surface area contributed by atoms with Gasteiger partial charge in [-0.1, -0.05) is 0 Å². The van der Waals surface area contributed by atoms with Crippen LogP contribution >= 0.6 is 24.8 Å². The number of hydrogen-bond donors (Lipinski definition) is 1. The molecule has 0 aromatic carbocycles. The zero-order chi connectivity index (χ0) is 14.6. The molecule has 1 rings (SSSR count). The van der Waals surface area contributed by atoms with Crippen LogP contribution in [0.5, 0.6) is 0 Å². The molecule has 0 aromatic rings. The average Bonchev–Trinajstić information content (AvgIpc) is 2.55. The van der Waals surface area contributed by atoms with Crippen molar-refractivity contribution in [3.05, 3.63) is 20.0 Å². The van der Waals surface area contributed by atoms with Gasteiger partial charge in [0, 0.05) is 0 Å². The molecule has 0 amide bonds. The normalized spacial score (nSPS) is 18.0. The van der Waals surface area contributed by atoms with Crippen molar-refractivity contribution in [2.24, 2.45) is 5.92 Å². The molecule has 0 bridgehead atoms. The van der Waals surface area contributed by atoms with E-state index in [4.69, 9.17) is 0 Å². The molecule has 0 aromatic heterocycles. The van der Waals surface area contributed by atoms with Crippen LogP contribution in [0.4, 0.5) is 0 Å². The third-order valence-corrected chi connectivity index (χ3v) is 29.7. The predicted octanol–water partition coefficient (Wildman–Crippen LogP) is 5.39. The first kappa shape index (κ1) is 24.4. The SMILES string of the molecule is CCCCC[NH][Hf]([C]1=C(C)C(C)=C(C)C1C)[SiH](C)C.Cl.Cl. The number of unbranched alkanes of at least 4 members (excludes halogenated alkanes) is 2. The second-order valence-electron chi connectivity index (χ2n) is 6.27. The van der Waals surface area contributed by atoms with Crippen LogP contribution in [-0.2, 0) is 20.9 Å². The van der Waals surface area contributed by atoms with Crippen LogP contribution in [0.3, 0.4) is 0 Å². The third kappa shape index (κ3) is 6.25. The van der Waals surface area contributed by atoms with Crippen molar-refractivity contribution in [3.63, 3.8) is 0 Å². The van der Waals surface area contributed by atoms with E-state index in [0.717, 1.165) is 5.92 Å². The number of rotatable bonds is 7. The molecular formula is C16H34Cl2HfNSi. The van der Waals surface area contributed by atoms with E-state index < -0.39 is 26.9 Å². The Kier molecular flexibility index (Phi) is 13.5. The van der Waals surface area contributed by atoms with Gasteiger partial charge in [0.25, 0.3) is 0 Å². The monoisotopic (exact) mass is 518 g/mol. The van der Waals surface area contributed by atoms with Gasteiger partial charge in [-0.15, -0.1) is 24.8 Å². The minimum atomic E-state index is -1.69. The fraction of sp³-hybridized carbons (Fsp3) is 0.750. The van der Waals surface area contributed by atoms with Crippen LogP contribution in [-0.4, -0.2) is 12.5 Å². The van der Waals surface area contributed by atoms with Crippen LogP contribution in [0, 0.1) is 5.92 Å². The number of halogens is 2. The maximum absolute atomic E-state index is 4.09. The van der Waals surface area contributed by atoms with Gasteiger partial charge in [-0.25, -0.2) is 0 Å². The molecule has 1 aliphatic rings. The summed E-state index contributed by atoms with van der Waals surface area (Å²) in [5, 5.41) is 0. The quantitative estimate of drug-likeness (QED) is 0.353. The van der Waals surface area contributed by atoms with E-state index in [1.54, 1.807) is 16.7 Å². The second-order valence-corrected chi connectivity index (χ2v) is 31.9. The molecule has 0 saturated carbocycles. The van der Waals surface area contributed by atoms with E-state index in [1.165, 1.54) is 25.8 Å². The van der Waals surface area contributed by atoms with Gasteiger partial charge in [0.15, 0.2) is 0 Å². The van der Waals surface area contributed by atoms with Crippen molar-refractivity contribution >= 4 is 30.8 Å². The summed E-state index contributed by atoms with van der Waals surface area (Å²) in [5.41, 5.74) is 4.89. The van der Waals surface area contributed by atoms with E-state index >= 15 is 0 Å². The van der Waals surface area contributed by atoms with Gasteiger partial charge in [0.05, 0.1) is 0 Å². The standard InChI is InChI=1S/C9H13.C5H12N.C2H7Si.2ClH.Hf/c1-6-5-7(2)9(4)8(6)3;1-2-3-4-5-6;1-3-2;;;/h6H,1-4H3;6H,2-5H2,1H3;3H,1-2H3;2*1H;/q;-1;;;;+1. The minimum Gasteiger partial charge on any atom is -0.147 e. The maximum atomic E-state index is 4.09. The van der Waals surface area contributed by atoms with Crippen LogP contribution in [0.25, 0.3) is 0 Å². The van der Waals surface area contributed by atoms with E-state index in [2.05, 4.69) is 51.0 Å². The first-order valence-corrected chi connectivity index (χ1v) is 20.6. The second kappa shape index (κ2) is 11.6. The molecule has 125 valence electrons. The van der Waals surface area contributed by atoms with Gasteiger partial charge in [-0.2, -0.15) is 0 Å². The molecule has 1 N–H and O–H groups in total. The maximum Gasteiger partial charge on any atom is -0.147 e. The van der Waals surface area contributed by atoms with Gasteiger partial charge < -0.3 is 0 Å². The summed E-state index contributed by atoms with van der Waals surface area (Å²) in [5.74, 6) is 0.242. The fourth-order valence-corrected chi connectivity index (χ4v) is 27.0. The largest absolute Gasteiger partial charge is 0.147 e. The number of allylic oxidation sites excluding steroid dienone is 4. The smallest absolute Gasteiger partial charge is 0.147 e. The van der Waals surface area contributed by atoms with Gasteiger partial charge >= 0.3 is 130 Å². The Balaban J connectivity index is 0. The number of nitrogens with one attached hydrogen (secondary N) is 1. The van der Waals surface area contributed by atoms with Crippen molar-refractivity contribution in [1.29, 1.82) is 0 Å². The molecule has 0 heterocycles. The van der Waals surface area contributed by atoms with E-state index in [-0.39, 0.29) is 24.8 Å². The van der Waals surface area contributed by atoms with Gasteiger partial charge in [-0.3, -0.25) is 0 Å². The zero-order valence-electron chi connectivity index (χ0n) is 14.8. The molecule has 0 saturated heterocycles. The summed E-state index contributed by atoms with van der Waals surface area (Å²) >= 11 is -1.69. The molecule has 0 aliphatic heterocycles. The number of hydrogen-bond acceptors (Lipinski definition) is 1. The topological polar surface area (TPSA) is 12.0 Å². The summed E-state index contributed by atoms with van der Waals surface area (Å²) in [6.45, 7) is 18.2. The van der Waals surface area contributed by atoms with Crippen LogP contribution in [0.2, 0.25) is 13.1 Å². The van der Waals surface area contributed by atoms with Crippen LogP contribution in [0.1, 0.15) is 53.9 Å². The van der Waals surface area contributed by atoms with Gasteiger partial charge in [-0.05, 0) is 0 Å². The summed E-state index contributed by atoms with van der Waals surface area (Å²) in [7, 11) is 0. The van der Waals surface area contributed by atoms with E-state index in [0.29, 0.717) is 0 Å². The van der Waals surface area contributed by atoms with Crippen molar-refractivity contribution in [2.45, 2.75) is 67.0 Å². The zero-order valence-corrected chi connectivity index (χ0v) is 21.2. The summed E-state index contributed by atoms with van der Waals surface area (Å²) in [6, 6.07) is 0. The predicted molar refractivity (Wildman–Crippen MR) is 101 cm³/mol. The Morgan fingerprint density at radius 1 is 1.05 bits per heavy atom. The summed E-state index contributed by atoms with van der Waals surface area (Å²) in [4.78, 5) is 0. The van der Waals surface area contributed by atoms with Crippen molar-refractivity contribution in [1.82, 2.24) is 3.30 Å². The Morgan fingerprint density at radius 2 is 1.62 bits per heavy atom. The third-order valence-electron chi connectivity index (χ3n) is 4.60. The molecule has 0 fully saturated rings. The molecule has 0 spiro atoms. The van der Waals surface area contributed by atoms with Crippen LogP contribution < -0.4 is 3.30 Å². The van der Waals surface area contributed by atoms with Crippen molar-refractivity contribution in [2.75, 3.05) is 6.54 Å². The van der Waals surface area contributed by atoms with E-state index in [9.17, 15) is 0 Å². The van der Waals surface area contributed by atoms with Crippen molar-refractivity contribution < 1.29 is 20.9 Å².